The first kappa shape index (κ1) is 20.5. The summed E-state index contributed by atoms with van der Waals surface area (Å²) in [6.45, 7) is 2.64. The summed E-state index contributed by atoms with van der Waals surface area (Å²) in [4.78, 5) is 23.2. The van der Waals surface area contributed by atoms with E-state index in [4.69, 9.17) is 14.2 Å². The Kier molecular flexibility index (Phi) is 5.92. The molecule has 1 aliphatic rings. The van der Waals surface area contributed by atoms with Crippen molar-refractivity contribution in [3.8, 4) is 11.5 Å². The largest absolute Gasteiger partial charge is 0.465 e. The van der Waals surface area contributed by atoms with Crippen molar-refractivity contribution in [2.24, 2.45) is 0 Å². The monoisotopic (exact) mass is 420 g/mol. The lowest BCUT2D eigenvalue weighted by atomic mass is 10.3. The molecule has 1 N–H and O–H groups in total. The van der Waals surface area contributed by atoms with Crippen molar-refractivity contribution < 1.29 is 32.2 Å². The molecule has 0 atom stereocenters. The van der Waals surface area contributed by atoms with Crippen LogP contribution >= 0.6 is 0 Å². The molecule has 0 saturated carbocycles. The van der Waals surface area contributed by atoms with Crippen LogP contribution in [0.2, 0.25) is 0 Å². The van der Waals surface area contributed by atoms with Crippen LogP contribution in [0.1, 0.15) is 13.8 Å². The van der Waals surface area contributed by atoms with Gasteiger partial charge in [-0.1, -0.05) is 0 Å². The van der Waals surface area contributed by atoms with Crippen molar-refractivity contribution in [2.45, 2.75) is 18.7 Å². The lowest BCUT2D eigenvalue weighted by Crippen LogP contribution is -2.36. The Bertz CT molecular complexity index is 1020. The van der Waals surface area contributed by atoms with Crippen LogP contribution in [0.15, 0.2) is 47.4 Å². The number of carbonyl (C=O) groups excluding carboxylic acids is 2. The van der Waals surface area contributed by atoms with Crippen LogP contribution in [0.3, 0.4) is 0 Å². The second-order valence-corrected chi connectivity index (χ2v) is 7.92. The van der Waals surface area contributed by atoms with Gasteiger partial charge in [0, 0.05) is 18.7 Å². The highest BCUT2D eigenvalue weighted by Gasteiger charge is 2.29. The molecule has 29 heavy (non-hydrogen) atoms. The Morgan fingerprint density at radius 2 is 1.79 bits per heavy atom. The zero-order chi connectivity index (χ0) is 21.0. The number of nitrogens with zero attached hydrogens (tertiary/aromatic N) is 1. The number of sulfonamides is 1. The predicted octanol–water partition coefficient (Wildman–Crippen LogP) is 2.13. The maximum atomic E-state index is 13.3. The van der Waals surface area contributed by atoms with E-state index in [2.05, 4.69) is 5.32 Å². The summed E-state index contributed by atoms with van der Waals surface area (Å²) >= 11 is 0. The molecule has 1 amide bonds. The molecule has 0 saturated heterocycles. The average Bonchev–Trinajstić information content (AvgIpc) is 3.14. The van der Waals surface area contributed by atoms with Gasteiger partial charge >= 0.3 is 5.97 Å². The molecule has 2 aromatic rings. The van der Waals surface area contributed by atoms with Crippen LogP contribution in [-0.2, 0) is 24.3 Å². The standard InChI is InChI=1S/C19H20N2O7S/c1-3-26-19(23)11-21(15-6-9-17-18(10-15)28-12-27-17)29(24,25)16-7-4-14(5-8-16)20-13(2)22/h4-10H,3,11-12H2,1-2H3,(H,20,22). The number of anilines is 2. The normalized spacial score (nSPS) is 12.3. The number of ether oxygens (including phenoxy) is 3. The summed E-state index contributed by atoms with van der Waals surface area (Å²) in [5.41, 5.74) is 0.685. The third kappa shape index (κ3) is 4.60. The lowest BCUT2D eigenvalue weighted by Gasteiger charge is -2.24. The molecule has 9 nitrogen and oxygen atoms in total. The molecule has 0 spiro atoms. The molecule has 0 aromatic heterocycles. The molecule has 0 radical (unpaired) electrons. The van der Waals surface area contributed by atoms with Crippen LogP contribution < -0.4 is 19.1 Å². The summed E-state index contributed by atoms with van der Waals surface area (Å²) in [5, 5.41) is 2.57. The Hall–Kier alpha value is -3.27. The van der Waals surface area contributed by atoms with Gasteiger partial charge in [0.05, 0.1) is 17.2 Å². The van der Waals surface area contributed by atoms with E-state index >= 15 is 0 Å². The van der Waals surface area contributed by atoms with Crippen molar-refractivity contribution in [3.05, 3.63) is 42.5 Å². The smallest absolute Gasteiger partial charge is 0.326 e. The third-order valence-electron chi connectivity index (χ3n) is 3.98. The molecule has 0 fully saturated rings. The summed E-state index contributed by atoms with van der Waals surface area (Å²) in [5.74, 6) is -0.0945. The quantitative estimate of drug-likeness (QED) is 0.683. The lowest BCUT2D eigenvalue weighted by molar-refractivity contribution is -0.141. The highest BCUT2D eigenvalue weighted by Crippen LogP contribution is 2.37. The van der Waals surface area contributed by atoms with Gasteiger partial charge in [-0.05, 0) is 43.3 Å². The summed E-state index contributed by atoms with van der Waals surface area (Å²) < 4.78 is 43.0. The zero-order valence-electron chi connectivity index (χ0n) is 15.9. The van der Waals surface area contributed by atoms with E-state index in [1.165, 1.54) is 43.3 Å². The number of amides is 1. The van der Waals surface area contributed by atoms with Crippen LogP contribution in [0.4, 0.5) is 11.4 Å². The Morgan fingerprint density at radius 1 is 1.10 bits per heavy atom. The molecule has 3 rings (SSSR count). The molecule has 0 unspecified atom stereocenters. The van der Waals surface area contributed by atoms with Gasteiger partial charge in [-0.2, -0.15) is 0 Å². The van der Waals surface area contributed by atoms with Gasteiger partial charge in [0.2, 0.25) is 12.7 Å². The van der Waals surface area contributed by atoms with Crippen molar-refractivity contribution >= 4 is 33.3 Å². The van der Waals surface area contributed by atoms with E-state index < -0.39 is 22.5 Å². The van der Waals surface area contributed by atoms with Gasteiger partial charge in [-0.3, -0.25) is 13.9 Å². The second kappa shape index (κ2) is 8.39. The number of esters is 1. The predicted molar refractivity (Wildman–Crippen MR) is 104 cm³/mol. The fourth-order valence-corrected chi connectivity index (χ4v) is 4.12. The number of fused-ring (bicyclic) bond motifs is 1. The number of benzene rings is 2. The second-order valence-electron chi connectivity index (χ2n) is 6.06. The van der Waals surface area contributed by atoms with Crippen LogP contribution in [-0.4, -0.2) is 40.2 Å². The SMILES string of the molecule is CCOC(=O)CN(c1ccc2c(c1)OCO2)S(=O)(=O)c1ccc(NC(C)=O)cc1. The van der Waals surface area contributed by atoms with Crippen molar-refractivity contribution in [1.82, 2.24) is 0 Å². The molecular formula is C19H20N2O7S. The Morgan fingerprint density at radius 3 is 2.45 bits per heavy atom. The van der Waals surface area contributed by atoms with Crippen molar-refractivity contribution in [3.63, 3.8) is 0 Å². The number of nitrogens with one attached hydrogen (secondary N) is 1. The Labute approximate surface area is 168 Å². The van der Waals surface area contributed by atoms with Gasteiger partial charge in [-0.25, -0.2) is 8.42 Å². The van der Waals surface area contributed by atoms with E-state index in [1.54, 1.807) is 13.0 Å². The van der Waals surface area contributed by atoms with E-state index in [0.29, 0.717) is 17.2 Å². The first-order valence-corrected chi connectivity index (χ1v) is 10.2. The maximum Gasteiger partial charge on any atom is 0.326 e. The number of rotatable bonds is 7. The van der Waals surface area contributed by atoms with E-state index in [0.717, 1.165) is 4.31 Å². The van der Waals surface area contributed by atoms with Gasteiger partial charge in [0.25, 0.3) is 10.0 Å². The van der Waals surface area contributed by atoms with E-state index in [9.17, 15) is 18.0 Å². The van der Waals surface area contributed by atoms with Crippen LogP contribution in [0, 0.1) is 0 Å². The van der Waals surface area contributed by atoms with Crippen LogP contribution in [0.25, 0.3) is 0 Å². The molecule has 1 heterocycles. The number of carbonyl (C=O) groups is 2. The topological polar surface area (TPSA) is 111 Å². The third-order valence-corrected chi connectivity index (χ3v) is 5.77. The molecule has 0 aliphatic carbocycles. The average molecular weight is 420 g/mol. The van der Waals surface area contributed by atoms with Gasteiger partial charge in [0.15, 0.2) is 11.5 Å². The first-order valence-electron chi connectivity index (χ1n) is 8.77. The fourth-order valence-electron chi connectivity index (χ4n) is 2.72. The highest BCUT2D eigenvalue weighted by atomic mass is 32.2. The zero-order valence-corrected chi connectivity index (χ0v) is 16.7. The fraction of sp³-hybridized carbons (Fsp3) is 0.263. The molecule has 1 aliphatic heterocycles. The van der Waals surface area contributed by atoms with Crippen LogP contribution in [0.5, 0.6) is 11.5 Å². The van der Waals surface area contributed by atoms with E-state index in [-0.39, 0.29) is 29.9 Å². The maximum absolute atomic E-state index is 13.3. The first-order chi connectivity index (χ1) is 13.8. The minimum atomic E-state index is -4.11. The summed E-state index contributed by atoms with van der Waals surface area (Å²) in [6, 6.07) is 10.2. The number of hydrogen-bond donors (Lipinski definition) is 1. The summed E-state index contributed by atoms with van der Waals surface area (Å²) in [6.07, 6.45) is 0. The Balaban J connectivity index is 1.97. The number of hydrogen-bond acceptors (Lipinski definition) is 7. The molecule has 2 aromatic carbocycles. The van der Waals surface area contributed by atoms with Gasteiger partial charge in [-0.15, -0.1) is 0 Å². The van der Waals surface area contributed by atoms with Gasteiger partial charge < -0.3 is 19.5 Å². The molecular weight excluding hydrogens is 400 g/mol. The van der Waals surface area contributed by atoms with E-state index in [1.807, 2.05) is 0 Å². The van der Waals surface area contributed by atoms with Gasteiger partial charge in [0.1, 0.15) is 6.54 Å². The highest BCUT2D eigenvalue weighted by molar-refractivity contribution is 7.92. The minimum absolute atomic E-state index is 0.0357. The summed E-state index contributed by atoms with van der Waals surface area (Å²) in [7, 11) is -4.11. The molecule has 10 heteroatoms. The minimum Gasteiger partial charge on any atom is -0.465 e. The molecule has 0 bridgehead atoms. The molecule has 154 valence electrons. The van der Waals surface area contributed by atoms with Crippen molar-refractivity contribution in [1.29, 1.82) is 0 Å². The van der Waals surface area contributed by atoms with Crippen molar-refractivity contribution in [2.75, 3.05) is 29.6 Å².